The molecule has 0 spiro atoms. The second-order valence-corrected chi connectivity index (χ2v) is 8.31. The van der Waals surface area contributed by atoms with Crippen LogP contribution in [0, 0.1) is 5.92 Å². The lowest BCUT2D eigenvalue weighted by Gasteiger charge is -2.23. The van der Waals surface area contributed by atoms with E-state index < -0.39 is 9.84 Å². The van der Waals surface area contributed by atoms with E-state index in [-0.39, 0.29) is 17.5 Å². The van der Waals surface area contributed by atoms with Gasteiger partial charge in [0.1, 0.15) is 0 Å². The van der Waals surface area contributed by atoms with Gasteiger partial charge in [-0.2, -0.15) is 0 Å². The first-order chi connectivity index (χ1) is 9.87. The fourth-order valence-electron chi connectivity index (χ4n) is 2.37. The van der Waals surface area contributed by atoms with Crippen LogP contribution in [0.3, 0.4) is 0 Å². The average Bonchev–Trinajstić information content (AvgIpc) is 2.79. The van der Waals surface area contributed by atoms with Gasteiger partial charge in [0.15, 0.2) is 9.84 Å². The van der Waals surface area contributed by atoms with E-state index in [0.717, 1.165) is 18.7 Å². The largest absolute Gasteiger partial charge is 0.340 e. The number of sulfone groups is 1. The molecule has 6 nitrogen and oxygen atoms in total. The van der Waals surface area contributed by atoms with Crippen molar-refractivity contribution in [1.29, 1.82) is 0 Å². The van der Waals surface area contributed by atoms with Gasteiger partial charge in [-0.15, -0.1) is 0 Å². The highest BCUT2D eigenvalue weighted by molar-refractivity contribution is 7.91. The van der Waals surface area contributed by atoms with Crippen LogP contribution in [-0.2, 0) is 16.4 Å². The molecule has 1 aliphatic heterocycles. The van der Waals surface area contributed by atoms with Crippen molar-refractivity contribution in [1.82, 2.24) is 15.3 Å². The molecule has 0 amide bonds. The summed E-state index contributed by atoms with van der Waals surface area (Å²) in [5, 5.41) is 3.34. The Morgan fingerprint density at radius 1 is 1.38 bits per heavy atom. The van der Waals surface area contributed by atoms with E-state index in [9.17, 15) is 8.42 Å². The third-order valence-corrected chi connectivity index (χ3v) is 5.40. The highest BCUT2D eigenvalue weighted by Gasteiger charge is 2.31. The average molecular weight is 312 g/mol. The number of hydrogen-bond donors (Lipinski definition) is 1. The van der Waals surface area contributed by atoms with Gasteiger partial charge in [0, 0.05) is 37.6 Å². The van der Waals surface area contributed by atoms with Gasteiger partial charge >= 0.3 is 0 Å². The standard InChI is InChI=1S/C14H24N4O2S/c1-11(2)6-15-7-12-8-16-14(17-9-12)18(3)13-4-5-21(19,20)10-13/h8-9,11,13,15H,4-7,10H2,1-3H3. The van der Waals surface area contributed by atoms with Crippen molar-refractivity contribution in [2.45, 2.75) is 32.9 Å². The molecule has 1 aromatic rings. The molecule has 1 atom stereocenters. The minimum atomic E-state index is -2.88. The number of aromatic nitrogens is 2. The molecular formula is C14H24N4O2S. The summed E-state index contributed by atoms with van der Waals surface area (Å²) in [5.41, 5.74) is 1.03. The second kappa shape index (κ2) is 6.70. The summed E-state index contributed by atoms with van der Waals surface area (Å²) in [7, 11) is -1.03. The number of nitrogens with one attached hydrogen (secondary N) is 1. The summed E-state index contributed by atoms with van der Waals surface area (Å²) in [6.07, 6.45) is 4.26. The fourth-order valence-corrected chi connectivity index (χ4v) is 4.15. The maximum atomic E-state index is 11.5. The molecule has 0 aliphatic carbocycles. The van der Waals surface area contributed by atoms with Gasteiger partial charge in [-0.3, -0.25) is 0 Å². The molecule has 7 heteroatoms. The highest BCUT2D eigenvalue weighted by atomic mass is 32.2. The van der Waals surface area contributed by atoms with Gasteiger partial charge < -0.3 is 10.2 Å². The van der Waals surface area contributed by atoms with E-state index in [4.69, 9.17) is 0 Å². The van der Waals surface area contributed by atoms with Gasteiger partial charge in [-0.25, -0.2) is 18.4 Å². The van der Waals surface area contributed by atoms with Crippen LogP contribution in [0.5, 0.6) is 0 Å². The van der Waals surface area contributed by atoms with Crippen molar-refractivity contribution < 1.29 is 8.42 Å². The monoisotopic (exact) mass is 312 g/mol. The Balaban J connectivity index is 1.92. The van der Waals surface area contributed by atoms with E-state index in [2.05, 4.69) is 29.1 Å². The van der Waals surface area contributed by atoms with Crippen LogP contribution in [0.4, 0.5) is 5.95 Å². The predicted molar refractivity (Wildman–Crippen MR) is 84.0 cm³/mol. The zero-order valence-corrected chi connectivity index (χ0v) is 13.7. The topological polar surface area (TPSA) is 75.2 Å². The maximum Gasteiger partial charge on any atom is 0.225 e. The molecular weight excluding hydrogens is 288 g/mol. The predicted octanol–water partition coefficient (Wildman–Crippen LogP) is 0.845. The van der Waals surface area contributed by atoms with Gasteiger partial charge in [-0.05, 0) is 18.9 Å². The fraction of sp³-hybridized carbons (Fsp3) is 0.714. The Hall–Kier alpha value is -1.21. The van der Waals surface area contributed by atoms with E-state index in [0.29, 0.717) is 18.3 Å². The van der Waals surface area contributed by atoms with Crippen molar-refractivity contribution in [3.8, 4) is 0 Å². The number of anilines is 1. The first-order valence-corrected chi connectivity index (χ1v) is 9.14. The molecule has 118 valence electrons. The molecule has 1 unspecified atom stereocenters. The van der Waals surface area contributed by atoms with Crippen LogP contribution in [-0.4, -0.2) is 49.5 Å². The zero-order valence-electron chi connectivity index (χ0n) is 12.9. The van der Waals surface area contributed by atoms with Crippen molar-refractivity contribution in [3.63, 3.8) is 0 Å². The molecule has 1 aromatic heterocycles. The smallest absolute Gasteiger partial charge is 0.225 e. The molecule has 1 aliphatic rings. The second-order valence-electron chi connectivity index (χ2n) is 6.08. The Morgan fingerprint density at radius 3 is 2.57 bits per heavy atom. The SMILES string of the molecule is CC(C)CNCc1cnc(N(C)C2CCS(=O)(=O)C2)nc1. The minimum Gasteiger partial charge on any atom is -0.340 e. The third-order valence-electron chi connectivity index (χ3n) is 3.64. The first-order valence-electron chi connectivity index (χ1n) is 7.32. The molecule has 2 rings (SSSR count). The molecule has 0 radical (unpaired) electrons. The molecule has 21 heavy (non-hydrogen) atoms. The van der Waals surface area contributed by atoms with Crippen molar-refractivity contribution >= 4 is 15.8 Å². The van der Waals surface area contributed by atoms with Crippen LogP contribution in [0.25, 0.3) is 0 Å². The number of rotatable bonds is 6. The van der Waals surface area contributed by atoms with Gasteiger partial charge in [0.2, 0.25) is 5.95 Å². The lowest BCUT2D eigenvalue weighted by atomic mass is 10.2. The number of nitrogens with zero attached hydrogens (tertiary/aromatic N) is 3. The van der Waals surface area contributed by atoms with Crippen LogP contribution in [0.15, 0.2) is 12.4 Å². The van der Waals surface area contributed by atoms with E-state index in [1.807, 2.05) is 11.9 Å². The summed E-state index contributed by atoms with van der Waals surface area (Å²) in [6, 6.07) is -0.0140. The minimum absolute atomic E-state index is 0.0140. The van der Waals surface area contributed by atoms with Crippen molar-refractivity contribution in [2.24, 2.45) is 5.92 Å². The summed E-state index contributed by atoms with van der Waals surface area (Å²) in [4.78, 5) is 10.6. The van der Waals surface area contributed by atoms with Crippen LogP contribution in [0.2, 0.25) is 0 Å². The molecule has 1 fully saturated rings. The first kappa shape index (κ1) is 16.2. The Morgan fingerprint density at radius 2 is 2.05 bits per heavy atom. The van der Waals surface area contributed by atoms with Gasteiger partial charge in [-0.1, -0.05) is 13.8 Å². The Kier molecular flexibility index (Phi) is 5.16. The molecule has 1 saturated heterocycles. The van der Waals surface area contributed by atoms with Crippen LogP contribution in [0.1, 0.15) is 25.8 Å². The van der Waals surface area contributed by atoms with Gasteiger partial charge in [0.25, 0.3) is 0 Å². The lowest BCUT2D eigenvalue weighted by molar-refractivity contribution is 0.551. The summed E-state index contributed by atoms with van der Waals surface area (Å²) in [5.74, 6) is 1.66. The Bertz CT molecular complexity index is 557. The number of hydrogen-bond acceptors (Lipinski definition) is 6. The maximum absolute atomic E-state index is 11.5. The molecule has 0 aromatic carbocycles. The quantitative estimate of drug-likeness (QED) is 0.839. The summed E-state index contributed by atoms with van der Waals surface area (Å²) >= 11 is 0. The van der Waals surface area contributed by atoms with Gasteiger partial charge in [0.05, 0.1) is 11.5 Å². The van der Waals surface area contributed by atoms with E-state index >= 15 is 0 Å². The van der Waals surface area contributed by atoms with Crippen molar-refractivity contribution in [3.05, 3.63) is 18.0 Å². The summed E-state index contributed by atoms with van der Waals surface area (Å²) < 4.78 is 23.1. The molecule has 0 saturated carbocycles. The molecule has 0 bridgehead atoms. The van der Waals surface area contributed by atoms with E-state index in [1.54, 1.807) is 12.4 Å². The van der Waals surface area contributed by atoms with E-state index in [1.165, 1.54) is 0 Å². The zero-order chi connectivity index (χ0) is 15.5. The summed E-state index contributed by atoms with van der Waals surface area (Å²) in [6.45, 7) is 6.04. The van der Waals surface area contributed by atoms with Crippen LogP contribution < -0.4 is 10.2 Å². The Labute approximate surface area is 126 Å². The third kappa shape index (κ3) is 4.64. The molecule has 2 heterocycles. The normalized spacial score (nSPS) is 20.9. The molecule has 1 N–H and O–H groups in total. The lowest BCUT2D eigenvalue weighted by Crippen LogP contribution is -2.33. The van der Waals surface area contributed by atoms with Crippen LogP contribution >= 0.6 is 0 Å². The van der Waals surface area contributed by atoms with Crippen molar-refractivity contribution in [2.75, 3.05) is 30.0 Å². The highest BCUT2D eigenvalue weighted by Crippen LogP contribution is 2.19.